The van der Waals surface area contributed by atoms with Crippen molar-refractivity contribution in [1.29, 1.82) is 0 Å². The predicted octanol–water partition coefficient (Wildman–Crippen LogP) is 2.35. The van der Waals surface area contributed by atoms with E-state index in [1.807, 2.05) is 38.1 Å². The van der Waals surface area contributed by atoms with Crippen LogP contribution in [-0.2, 0) is 0 Å². The summed E-state index contributed by atoms with van der Waals surface area (Å²) in [6, 6.07) is 8.29. The second kappa shape index (κ2) is 6.68. The zero-order valence-corrected chi connectivity index (χ0v) is 14.4. The molecule has 0 spiro atoms. The zero-order valence-electron chi connectivity index (χ0n) is 14.4. The molecule has 4 rings (SSSR count). The molecule has 0 aliphatic carbocycles. The first-order chi connectivity index (χ1) is 12.2. The lowest BCUT2D eigenvalue weighted by atomic mass is 10.2. The van der Waals surface area contributed by atoms with E-state index in [4.69, 9.17) is 9.72 Å². The van der Waals surface area contributed by atoms with Gasteiger partial charge in [0.05, 0.1) is 24.2 Å². The SMILES string of the molecule is CC(C)Oc1cnn2c(-c3cccc(NC4CCNC4)n3)cnc2c1. The molecule has 0 amide bonds. The van der Waals surface area contributed by atoms with Gasteiger partial charge in [-0.3, -0.25) is 0 Å². The molecule has 1 unspecified atom stereocenters. The topological polar surface area (TPSA) is 76.4 Å². The van der Waals surface area contributed by atoms with Gasteiger partial charge in [-0.25, -0.2) is 14.5 Å². The van der Waals surface area contributed by atoms with Crippen molar-refractivity contribution in [3.05, 3.63) is 36.7 Å². The van der Waals surface area contributed by atoms with Gasteiger partial charge in [0, 0.05) is 18.7 Å². The molecule has 4 heterocycles. The Hall–Kier alpha value is -2.67. The van der Waals surface area contributed by atoms with E-state index < -0.39 is 0 Å². The van der Waals surface area contributed by atoms with Crippen LogP contribution in [0.4, 0.5) is 5.82 Å². The van der Waals surface area contributed by atoms with Gasteiger partial charge < -0.3 is 15.4 Å². The number of nitrogens with one attached hydrogen (secondary N) is 2. The first-order valence-electron chi connectivity index (χ1n) is 8.64. The van der Waals surface area contributed by atoms with Crippen molar-refractivity contribution in [2.24, 2.45) is 0 Å². The number of imidazole rings is 1. The monoisotopic (exact) mass is 338 g/mol. The smallest absolute Gasteiger partial charge is 0.157 e. The minimum atomic E-state index is 0.105. The van der Waals surface area contributed by atoms with Gasteiger partial charge in [-0.1, -0.05) is 6.07 Å². The maximum atomic E-state index is 5.68. The van der Waals surface area contributed by atoms with Crippen molar-refractivity contribution < 1.29 is 4.74 Å². The number of rotatable bonds is 5. The van der Waals surface area contributed by atoms with E-state index in [2.05, 4.69) is 20.7 Å². The van der Waals surface area contributed by atoms with Crippen LogP contribution in [0.25, 0.3) is 17.0 Å². The van der Waals surface area contributed by atoms with Crippen molar-refractivity contribution in [2.75, 3.05) is 18.4 Å². The van der Waals surface area contributed by atoms with Crippen LogP contribution in [-0.4, -0.2) is 44.8 Å². The highest BCUT2D eigenvalue weighted by Gasteiger charge is 2.15. The lowest BCUT2D eigenvalue weighted by molar-refractivity contribution is 0.241. The molecule has 1 atom stereocenters. The summed E-state index contributed by atoms with van der Waals surface area (Å²) in [5, 5.41) is 11.3. The molecule has 2 N–H and O–H groups in total. The quantitative estimate of drug-likeness (QED) is 0.744. The fourth-order valence-electron chi connectivity index (χ4n) is 3.01. The van der Waals surface area contributed by atoms with E-state index in [1.54, 1.807) is 16.9 Å². The minimum absolute atomic E-state index is 0.105. The van der Waals surface area contributed by atoms with E-state index in [0.29, 0.717) is 6.04 Å². The van der Waals surface area contributed by atoms with E-state index in [-0.39, 0.29) is 6.10 Å². The highest BCUT2D eigenvalue weighted by molar-refractivity contribution is 5.61. The standard InChI is InChI=1S/C18H22N6O/c1-12(2)25-14-8-18-20-11-16(24(18)21-10-14)15-4-3-5-17(23-15)22-13-6-7-19-9-13/h3-5,8,10-13,19H,6-7,9H2,1-2H3,(H,22,23). The molecule has 25 heavy (non-hydrogen) atoms. The van der Waals surface area contributed by atoms with Crippen LogP contribution in [0, 0.1) is 0 Å². The molecule has 0 aromatic carbocycles. The lowest BCUT2D eigenvalue weighted by Crippen LogP contribution is -2.22. The number of hydrogen-bond donors (Lipinski definition) is 2. The molecule has 1 aliphatic heterocycles. The summed E-state index contributed by atoms with van der Waals surface area (Å²) in [4.78, 5) is 9.17. The largest absolute Gasteiger partial charge is 0.489 e. The minimum Gasteiger partial charge on any atom is -0.489 e. The van der Waals surface area contributed by atoms with Crippen LogP contribution >= 0.6 is 0 Å². The Morgan fingerprint density at radius 2 is 2.24 bits per heavy atom. The molecule has 1 aliphatic rings. The summed E-state index contributed by atoms with van der Waals surface area (Å²) in [5.74, 6) is 1.60. The Balaban J connectivity index is 1.62. The van der Waals surface area contributed by atoms with Gasteiger partial charge in [0.25, 0.3) is 0 Å². The van der Waals surface area contributed by atoms with E-state index in [1.165, 1.54) is 0 Å². The Kier molecular flexibility index (Phi) is 4.23. The van der Waals surface area contributed by atoms with Crippen LogP contribution in [0.1, 0.15) is 20.3 Å². The molecule has 3 aromatic heterocycles. The van der Waals surface area contributed by atoms with Crippen LogP contribution in [0.2, 0.25) is 0 Å². The Morgan fingerprint density at radius 1 is 1.32 bits per heavy atom. The third-order valence-electron chi connectivity index (χ3n) is 4.13. The van der Waals surface area contributed by atoms with Crippen molar-refractivity contribution in [2.45, 2.75) is 32.4 Å². The number of aromatic nitrogens is 4. The van der Waals surface area contributed by atoms with Gasteiger partial charge in [0.15, 0.2) is 5.65 Å². The van der Waals surface area contributed by atoms with Gasteiger partial charge in [-0.15, -0.1) is 0 Å². The molecule has 0 bridgehead atoms. The van der Waals surface area contributed by atoms with Crippen molar-refractivity contribution in [1.82, 2.24) is 24.9 Å². The molecular weight excluding hydrogens is 316 g/mol. The number of pyridine rings is 1. The Labute approximate surface area is 146 Å². The van der Waals surface area contributed by atoms with Gasteiger partial charge in [0.1, 0.15) is 17.3 Å². The number of fused-ring (bicyclic) bond motifs is 1. The Bertz CT molecular complexity index is 869. The van der Waals surface area contributed by atoms with Gasteiger partial charge in [-0.2, -0.15) is 5.10 Å². The fourth-order valence-corrected chi connectivity index (χ4v) is 3.01. The zero-order chi connectivity index (χ0) is 17.2. The maximum absolute atomic E-state index is 5.68. The lowest BCUT2D eigenvalue weighted by Gasteiger charge is -2.12. The Morgan fingerprint density at radius 3 is 3.04 bits per heavy atom. The first kappa shape index (κ1) is 15.8. The van der Waals surface area contributed by atoms with Gasteiger partial charge >= 0.3 is 0 Å². The fraction of sp³-hybridized carbons (Fsp3) is 0.389. The van der Waals surface area contributed by atoms with E-state index in [0.717, 1.165) is 48.1 Å². The average Bonchev–Trinajstić information content (AvgIpc) is 3.23. The predicted molar refractivity (Wildman–Crippen MR) is 96.9 cm³/mol. The third kappa shape index (κ3) is 3.41. The maximum Gasteiger partial charge on any atom is 0.157 e. The molecule has 0 saturated carbocycles. The van der Waals surface area contributed by atoms with Gasteiger partial charge in [-0.05, 0) is 38.9 Å². The van der Waals surface area contributed by atoms with E-state index in [9.17, 15) is 0 Å². The highest BCUT2D eigenvalue weighted by Crippen LogP contribution is 2.22. The molecule has 130 valence electrons. The molecule has 1 fully saturated rings. The molecular formula is C18H22N6O. The second-order valence-corrected chi connectivity index (χ2v) is 6.51. The molecule has 7 heteroatoms. The summed E-state index contributed by atoms with van der Waals surface area (Å²) >= 11 is 0. The summed E-state index contributed by atoms with van der Waals surface area (Å²) in [6.45, 7) is 6.00. The third-order valence-corrected chi connectivity index (χ3v) is 4.13. The van der Waals surface area contributed by atoms with E-state index >= 15 is 0 Å². The van der Waals surface area contributed by atoms with Crippen LogP contribution in [0.3, 0.4) is 0 Å². The summed E-state index contributed by atoms with van der Waals surface area (Å²) in [6.07, 6.45) is 4.73. The van der Waals surface area contributed by atoms with Crippen LogP contribution in [0.5, 0.6) is 5.75 Å². The number of anilines is 1. The number of nitrogens with zero attached hydrogens (tertiary/aromatic N) is 4. The summed E-state index contributed by atoms with van der Waals surface area (Å²) in [5.41, 5.74) is 2.45. The van der Waals surface area contributed by atoms with Crippen LogP contribution in [0.15, 0.2) is 36.7 Å². The number of ether oxygens (including phenoxy) is 1. The first-order valence-corrected chi connectivity index (χ1v) is 8.64. The molecule has 1 saturated heterocycles. The molecule has 7 nitrogen and oxygen atoms in total. The second-order valence-electron chi connectivity index (χ2n) is 6.51. The summed E-state index contributed by atoms with van der Waals surface area (Å²) in [7, 11) is 0. The van der Waals surface area contributed by atoms with Crippen LogP contribution < -0.4 is 15.4 Å². The molecule has 3 aromatic rings. The number of hydrogen-bond acceptors (Lipinski definition) is 6. The normalized spacial score (nSPS) is 17.3. The van der Waals surface area contributed by atoms with Crippen molar-refractivity contribution >= 4 is 11.5 Å². The summed E-state index contributed by atoms with van der Waals surface area (Å²) < 4.78 is 7.47. The van der Waals surface area contributed by atoms with Crippen molar-refractivity contribution in [3.8, 4) is 17.1 Å². The van der Waals surface area contributed by atoms with Crippen molar-refractivity contribution in [3.63, 3.8) is 0 Å². The molecule has 0 radical (unpaired) electrons. The average molecular weight is 338 g/mol. The highest BCUT2D eigenvalue weighted by atomic mass is 16.5. The van der Waals surface area contributed by atoms with Gasteiger partial charge in [0.2, 0.25) is 0 Å².